The standard InChI is InChI=1S/C31H50O3/c1-5-6-7-8-9-10-11-12-29(33)34-24-17-19-30(3)23(21-24)13-14-25-27-16-15-26(22(2)32)31(27,4)20-18-28(25)30/h13,24-28H,5-12,14-21H2,1-4H3/t24?,25-,26+,27-,28-,30-,31+/m0/s1. The fourth-order valence-electron chi connectivity index (χ4n) is 8.87. The van der Waals surface area contributed by atoms with Crippen molar-refractivity contribution in [3.05, 3.63) is 11.6 Å². The molecule has 0 aliphatic heterocycles. The highest BCUT2D eigenvalue weighted by molar-refractivity contribution is 5.79. The van der Waals surface area contributed by atoms with Crippen molar-refractivity contribution in [2.75, 3.05) is 0 Å². The van der Waals surface area contributed by atoms with E-state index >= 15 is 0 Å². The van der Waals surface area contributed by atoms with Gasteiger partial charge in [0.1, 0.15) is 11.9 Å². The zero-order valence-electron chi connectivity index (χ0n) is 22.5. The maximum Gasteiger partial charge on any atom is 0.306 e. The van der Waals surface area contributed by atoms with Crippen LogP contribution in [-0.4, -0.2) is 17.9 Å². The van der Waals surface area contributed by atoms with Crippen LogP contribution in [0, 0.1) is 34.5 Å². The van der Waals surface area contributed by atoms with Crippen molar-refractivity contribution in [2.45, 2.75) is 137 Å². The first-order chi connectivity index (χ1) is 16.3. The summed E-state index contributed by atoms with van der Waals surface area (Å²) in [6.45, 7) is 9.00. The number of allylic oxidation sites excluding steroid dienone is 1. The molecule has 0 amide bonds. The van der Waals surface area contributed by atoms with Crippen LogP contribution in [-0.2, 0) is 14.3 Å². The lowest BCUT2D eigenvalue weighted by molar-refractivity contribution is -0.151. The molecule has 0 radical (unpaired) electrons. The van der Waals surface area contributed by atoms with Gasteiger partial charge in [-0.05, 0) is 86.9 Å². The first-order valence-corrected chi connectivity index (χ1v) is 14.7. The molecular formula is C31H50O3. The number of rotatable bonds is 10. The Hall–Kier alpha value is -1.12. The molecule has 0 aromatic rings. The van der Waals surface area contributed by atoms with Gasteiger partial charge in [-0.15, -0.1) is 0 Å². The molecule has 1 unspecified atom stereocenters. The zero-order chi connectivity index (χ0) is 24.3. The van der Waals surface area contributed by atoms with E-state index < -0.39 is 0 Å². The third-order valence-corrected chi connectivity index (χ3v) is 10.8. The van der Waals surface area contributed by atoms with Gasteiger partial charge in [0.15, 0.2) is 0 Å². The summed E-state index contributed by atoms with van der Waals surface area (Å²) in [6.07, 6.45) is 20.9. The fraction of sp³-hybridized carbons (Fsp3) is 0.871. The summed E-state index contributed by atoms with van der Waals surface area (Å²) in [6, 6.07) is 0. The summed E-state index contributed by atoms with van der Waals surface area (Å²) >= 11 is 0. The van der Waals surface area contributed by atoms with Gasteiger partial charge >= 0.3 is 5.97 Å². The average Bonchev–Trinajstić information content (AvgIpc) is 3.16. The molecule has 3 nitrogen and oxygen atoms in total. The van der Waals surface area contributed by atoms with Gasteiger partial charge in [0.05, 0.1) is 0 Å². The molecule has 4 aliphatic carbocycles. The van der Waals surface area contributed by atoms with E-state index in [9.17, 15) is 9.59 Å². The maximum absolute atomic E-state index is 12.5. The van der Waals surface area contributed by atoms with Crippen LogP contribution in [0.4, 0.5) is 0 Å². The first kappa shape index (κ1) is 26.0. The molecule has 0 heterocycles. The van der Waals surface area contributed by atoms with Gasteiger partial charge in [0, 0.05) is 18.8 Å². The van der Waals surface area contributed by atoms with Crippen LogP contribution in [0.5, 0.6) is 0 Å². The highest BCUT2D eigenvalue weighted by atomic mass is 16.5. The van der Waals surface area contributed by atoms with Crippen molar-refractivity contribution in [3.8, 4) is 0 Å². The van der Waals surface area contributed by atoms with Gasteiger partial charge in [-0.3, -0.25) is 9.59 Å². The predicted molar refractivity (Wildman–Crippen MR) is 138 cm³/mol. The molecule has 0 aromatic carbocycles. The Morgan fingerprint density at radius 2 is 1.68 bits per heavy atom. The number of carbonyl (C=O) groups excluding carboxylic acids is 2. The molecule has 7 atom stereocenters. The Kier molecular flexibility index (Phi) is 8.30. The second kappa shape index (κ2) is 10.9. The second-order valence-corrected chi connectivity index (χ2v) is 12.8. The third kappa shape index (κ3) is 5.05. The molecule has 0 bridgehead atoms. The highest BCUT2D eigenvalue weighted by Gasteiger charge is 2.59. The van der Waals surface area contributed by atoms with Gasteiger partial charge in [-0.2, -0.15) is 0 Å². The van der Waals surface area contributed by atoms with Crippen molar-refractivity contribution >= 4 is 11.8 Å². The lowest BCUT2D eigenvalue weighted by Gasteiger charge is -2.58. The molecule has 34 heavy (non-hydrogen) atoms. The lowest BCUT2D eigenvalue weighted by Crippen LogP contribution is -2.51. The van der Waals surface area contributed by atoms with Crippen LogP contribution in [0.25, 0.3) is 0 Å². The quantitative estimate of drug-likeness (QED) is 0.183. The van der Waals surface area contributed by atoms with Crippen LogP contribution in [0.2, 0.25) is 0 Å². The monoisotopic (exact) mass is 470 g/mol. The highest BCUT2D eigenvalue weighted by Crippen LogP contribution is 2.66. The van der Waals surface area contributed by atoms with E-state index in [1.807, 2.05) is 6.92 Å². The number of esters is 1. The molecule has 0 aromatic heterocycles. The van der Waals surface area contributed by atoms with Crippen LogP contribution in [0.1, 0.15) is 130 Å². The van der Waals surface area contributed by atoms with E-state index in [4.69, 9.17) is 4.74 Å². The SMILES string of the molecule is CCCCCCCCCC(=O)OC1CC[C@@]2(C)C(=CC[C@H]3[C@@H]4CC[C@H](C(C)=O)[C@@]4(C)CC[C@@H]32)C1. The van der Waals surface area contributed by atoms with Crippen molar-refractivity contribution in [3.63, 3.8) is 0 Å². The fourth-order valence-corrected chi connectivity index (χ4v) is 8.87. The summed E-state index contributed by atoms with van der Waals surface area (Å²) in [4.78, 5) is 24.9. The van der Waals surface area contributed by atoms with Crippen molar-refractivity contribution in [1.29, 1.82) is 0 Å². The largest absolute Gasteiger partial charge is 0.462 e. The van der Waals surface area contributed by atoms with E-state index in [0.717, 1.165) is 50.4 Å². The molecule has 3 fully saturated rings. The molecule has 4 rings (SSSR count). The minimum Gasteiger partial charge on any atom is -0.462 e. The lowest BCUT2D eigenvalue weighted by atomic mass is 9.47. The summed E-state index contributed by atoms with van der Waals surface area (Å²) in [5.41, 5.74) is 2.05. The molecular weight excluding hydrogens is 420 g/mol. The van der Waals surface area contributed by atoms with Gasteiger partial charge in [0.2, 0.25) is 0 Å². The minimum absolute atomic E-state index is 0.0195. The van der Waals surface area contributed by atoms with Crippen LogP contribution >= 0.6 is 0 Å². The van der Waals surface area contributed by atoms with Crippen LogP contribution in [0.15, 0.2) is 11.6 Å². The molecule has 3 saturated carbocycles. The van der Waals surface area contributed by atoms with E-state index in [2.05, 4.69) is 26.8 Å². The summed E-state index contributed by atoms with van der Waals surface area (Å²) in [5, 5.41) is 0. The van der Waals surface area contributed by atoms with Gasteiger partial charge in [-0.25, -0.2) is 0 Å². The van der Waals surface area contributed by atoms with Crippen LogP contribution in [0.3, 0.4) is 0 Å². The van der Waals surface area contributed by atoms with Crippen molar-refractivity contribution in [2.24, 2.45) is 34.5 Å². The normalized spacial score (nSPS) is 38.9. The Morgan fingerprint density at radius 1 is 0.941 bits per heavy atom. The Balaban J connectivity index is 1.30. The van der Waals surface area contributed by atoms with E-state index in [1.54, 1.807) is 5.57 Å². The molecule has 0 saturated heterocycles. The van der Waals surface area contributed by atoms with E-state index in [-0.39, 0.29) is 28.8 Å². The summed E-state index contributed by atoms with van der Waals surface area (Å²) < 4.78 is 5.98. The average molecular weight is 471 g/mol. The number of ether oxygens (including phenoxy) is 1. The molecule has 192 valence electrons. The molecule has 0 spiro atoms. The number of ketones is 1. The zero-order valence-corrected chi connectivity index (χ0v) is 22.5. The predicted octanol–water partition coefficient (Wildman–Crippen LogP) is 8.21. The van der Waals surface area contributed by atoms with E-state index in [0.29, 0.717) is 18.1 Å². The number of hydrogen-bond acceptors (Lipinski definition) is 3. The number of fused-ring (bicyclic) bond motifs is 5. The Bertz CT molecular complexity index is 769. The summed E-state index contributed by atoms with van der Waals surface area (Å²) in [5.74, 6) is 2.89. The number of unbranched alkanes of at least 4 members (excludes halogenated alkanes) is 6. The topological polar surface area (TPSA) is 43.4 Å². The second-order valence-electron chi connectivity index (χ2n) is 12.8. The smallest absolute Gasteiger partial charge is 0.306 e. The third-order valence-electron chi connectivity index (χ3n) is 10.8. The Labute approximate surface area is 208 Å². The number of hydrogen-bond donors (Lipinski definition) is 0. The van der Waals surface area contributed by atoms with Gasteiger partial charge in [0.25, 0.3) is 0 Å². The molecule has 0 N–H and O–H groups in total. The Morgan fingerprint density at radius 3 is 2.41 bits per heavy atom. The summed E-state index contributed by atoms with van der Waals surface area (Å²) in [7, 11) is 0. The first-order valence-electron chi connectivity index (χ1n) is 14.7. The van der Waals surface area contributed by atoms with E-state index in [1.165, 1.54) is 57.8 Å². The number of Topliss-reactive ketones (excluding diaryl/α,β-unsaturated/α-hetero) is 1. The van der Waals surface area contributed by atoms with Crippen LogP contribution < -0.4 is 0 Å². The van der Waals surface area contributed by atoms with Gasteiger partial charge < -0.3 is 4.74 Å². The van der Waals surface area contributed by atoms with Gasteiger partial charge in [-0.1, -0.05) is 70.9 Å². The minimum atomic E-state index is 0.0195. The maximum atomic E-state index is 12.5. The van der Waals surface area contributed by atoms with Crippen molar-refractivity contribution in [1.82, 2.24) is 0 Å². The number of carbonyl (C=O) groups is 2. The molecule has 3 heteroatoms. The van der Waals surface area contributed by atoms with Crippen molar-refractivity contribution < 1.29 is 14.3 Å². The molecule has 4 aliphatic rings.